The first-order valence-corrected chi connectivity index (χ1v) is 13.4. The third kappa shape index (κ3) is 5.17. The highest BCUT2D eigenvalue weighted by atomic mass is 28.4. The summed E-state index contributed by atoms with van der Waals surface area (Å²) >= 11 is 0. The fraction of sp³-hybridized carbons (Fsp3) is 0.500. The number of anilines is 3. The predicted octanol–water partition coefficient (Wildman–Crippen LogP) is 5.86. The highest BCUT2D eigenvalue weighted by Gasteiger charge is 2.37. The van der Waals surface area contributed by atoms with Crippen molar-refractivity contribution in [2.45, 2.75) is 58.4 Å². The zero-order chi connectivity index (χ0) is 21.9. The van der Waals surface area contributed by atoms with Crippen LogP contribution in [-0.2, 0) is 11.0 Å². The van der Waals surface area contributed by atoms with Gasteiger partial charge < -0.3 is 14.6 Å². The SMILES string of the molecule is CC(C)(C)[Si](C)(C)OCc1ccc(Nc2nc(N3CCCC3)ccc2[N+](=O)[O-])cc1. The Labute approximate surface area is 179 Å². The highest BCUT2D eigenvalue weighted by molar-refractivity contribution is 6.74. The van der Waals surface area contributed by atoms with Crippen LogP contribution in [-0.4, -0.2) is 31.3 Å². The minimum atomic E-state index is -1.81. The second-order valence-corrected chi connectivity index (χ2v) is 14.2. The van der Waals surface area contributed by atoms with Gasteiger partial charge in [0.05, 0.1) is 11.5 Å². The van der Waals surface area contributed by atoms with Crippen LogP contribution in [0.25, 0.3) is 0 Å². The molecule has 7 nitrogen and oxygen atoms in total. The molecule has 0 atom stereocenters. The molecule has 1 aromatic heterocycles. The number of aromatic nitrogens is 1. The summed E-state index contributed by atoms with van der Waals surface area (Å²) in [7, 11) is -1.81. The summed E-state index contributed by atoms with van der Waals surface area (Å²) in [5.74, 6) is 1.05. The van der Waals surface area contributed by atoms with E-state index in [-0.39, 0.29) is 16.5 Å². The van der Waals surface area contributed by atoms with Crippen LogP contribution in [0.1, 0.15) is 39.2 Å². The lowest BCUT2D eigenvalue weighted by atomic mass is 10.2. The molecule has 1 aromatic carbocycles. The van der Waals surface area contributed by atoms with E-state index in [2.05, 4.69) is 49.1 Å². The first kappa shape index (κ1) is 22.2. The Morgan fingerprint density at radius 1 is 1.13 bits per heavy atom. The third-order valence-electron chi connectivity index (χ3n) is 6.11. The van der Waals surface area contributed by atoms with Gasteiger partial charge in [0.25, 0.3) is 0 Å². The van der Waals surface area contributed by atoms with Gasteiger partial charge >= 0.3 is 5.69 Å². The topological polar surface area (TPSA) is 80.5 Å². The van der Waals surface area contributed by atoms with E-state index >= 15 is 0 Å². The van der Waals surface area contributed by atoms with E-state index in [1.54, 1.807) is 6.07 Å². The molecule has 1 aliphatic heterocycles. The summed E-state index contributed by atoms with van der Waals surface area (Å²) in [6, 6.07) is 11.1. The van der Waals surface area contributed by atoms with Gasteiger partial charge in [0.2, 0.25) is 5.82 Å². The van der Waals surface area contributed by atoms with Crippen molar-refractivity contribution in [1.29, 1.82) is 0 Å². The fourth-order valence-electron chi connectivity index (χ4n) is 3.10. The number of pyridine rings is 1. The van der Waals surface area contributed by atoms with E-state index in [9.17, 15) is 10.1 Å². The first-order chi connectivity index (χ1) is 14.1. The number of hydrogen-bond acceptors (Lipinski definition) is 6. The average molecular weight is 429 g/mol. The molecule has 2 heterocycles. The largest absolute Gasteiger partial charge is 0.413 e. The molecule has 3 rings (SSSR count). The minimum absolute atomic E-state index is 0.0247. The molecule has 1 saturated heterocycles. The molecule has 2 aromatic rings. The van der Waals surface area contributed by atoms with Crippen molar-refractivity contribution in [3.63, 3.8) is 0 Å². The molecule has 1 aliphatic rings. The van der Waals surface area contributed by atoms with Gasteiger partial charge in [-0.3, -0.25) is 10.1 Å². The molecular formula is C22H32N4O3Si. The normalized spacial score (nSPS) is 14.8. The van der Waals surface area contributed by atoms with E-state index in [4.69, 9.17) is 4.43 Å². The van der Waals surface area contributed by atoms with Crippen LogP contribution in [0.5, 0.6) is 0 Å². The smallest absolute Gasteiger partial charge is 0.311 e. The summed E-state index contributed by atoms with van der Waals surface area (Å²) in [5, 5.41) is 14.8. The van der Waals surface area contributed by atoms with Crippen molar-refractivity contribution in [3.05, 3.63) is 52.1 Å². The first-order valence-electron chi connectivity index (χ1n) is 10.5. The Kier molecular flexibility index (Phi) is 6.47. The van der Waals surface area contributed by atoms with Crippen LogP contribution in [0.2, 0.25) is 18.1 Å². The lowest BCUT2D eigenvalue weighted by Crippen LogP contribution is -2.40. The van der Waals surface area contributed by atoms with Gasteiger partial charge in [0, 0.05) is 24.8 Å². The van der Waals surface area contributed by atoms with E-state index < -0.39 is 13.2 Å². The summed E-state index contributed by atoms with van der Waals surface area (Å²) in [5.41, 5.74) is 1.82. The second kappa shape index (κ2) is 8.73. The molecule has 0 bridgehead atoms. The Morgan fingerprint density at radius 3 is 2.33 bits per heavy atom. The van der Waals surface area contributed by atoms with Gasteiger partial charge in [-0.05, 0) is 54.7 Å². The molecule has 0 spiro atoms. The van der Waals surface area contributed by atoms with Crippen LogP contribution in [0, 0.1) is 10.1 Å². The van der Waals surface area contributed by atoms with Gasteiger partial charge in [-0.25, -0.2) is 4.98 Å². The third-order valence-corrected chi connectivity index (χ3v) is 10.6. The summed E-state index contributed by atoms with van der Waals surface area (Å²) in [6.45, 7) is 13.6. The van der Waals surface area contributed by atoms with Crippen molar-refractivity contribution in [1.82, 2.24) is 4.98 Å². The average Bonchev–Trinajstić information content (AvgIpc) is 3.21. The van der Waals surface area contributed by atoms with E-state index in [1.165, 1.54) is 6.07 Å². The van der Waals surface area contributed by atoms with Crippen LogP contribution in [0.4, 0.5) is 23.0 Å². The molecule has 8 heteroatoms. The molecule has 0 radical (unpaired) electrons. The standard InChI is InChI=1S/C22H32N4O3Si/c1-22(2,3)30(4,5)29-16-17-8-10-18(11-9-17)23-21-19(26(27)28)12-13-20(24-21)25-14-6-7-15-25/h8-13H,6-7,14-16H2,1-5H3,(H,23,24). The van der Waals surface area contributed by atoms with Gasteiger partial charge in [-0.15, -0.1) is 0 Å². The monoisotopic (exact) mass is 428 g/mol. The summed E-state index contributed by atoms with van der Waals surface area (Å²) in [4.78, 5) is 17.8. The van der Waals surface area contributed by atoms with Gasteiger partial charge in [0.1, 0.15) is 5.82 Å². The van der Waals surface area contributed by atoms with E-state index in [0.717, 1.165) is 43.0 Å². The number of benzene rings is 1. The predicted molar refractivity (Wildman–Crippen MR) is 124 cm³/mol. The van der Waals surface area contributed by atoms with Crippen molar-refractivity contribution in [2.75, 3.05) is 23.3 Å². The maximum absolute atomic E-state index is 11.5. The zero-order valence-corrected chi connectivity index (χ0v) is 19.6. The molecule has 30 heavy (non-hydrogen) atoms. The molecule has 0 unspecified atom stereocenters. The Morgan fingerprint density at radius 2 is 1.77 bits per heavy atom. The van der Waals surface area contributed by atoms with Crippen LogP contribution in [0.15, 0.2) is 36.4 Å². The number of nitro groups is 1. The number of rotatable bonds is 7. The molecule has 162 valence electrons. The summed E-state index contributed by atoms with van der Waals surface area (Å²) < 4.78 is 6.27. The fourth-order valence-corrected chi connectivity index (χ4v) is 4.06. The number of nitrogens with one attached hydrogen (secondary N) is 1. The molecular weight excluding hydrogens is 396 g/mol. The number of hydrogen-bond donors (Lipinski definition) is 1. The van der Waals surface area contributed by atoms with Gasteiger partial charge in [0.15, 0.2) is 8.32 Å². The number of nitrogens with zero attached hydrogens (tertiary/aromatic N) is 3. The lowest BCUT2D eigenvalue weighted by Gasteiger charge is -2.36. The molecule has 0 aliphatic carbocycles. The summed E-state index contributed by atoms with van der Waals surface area (Å²) in [6.07, 6.45) is 2.25. The Balaban J connectivity index is 1.73. The van der Waals surface area contributed by atoms with Crippen molar-refractivity contribution < 1.29 is 9.35 Å². The van der Waals surface area contributed by atoms with E-state index in [1.807, 2.05) is 24.3 Å². The highest BCUT2D eigenvalue weighted by Crippen LogP contribution is 2.37. The maximum atomic E-state index is 11.5. The quantitative estimate of drug-likeness (QED) is 0.338. The van der Waals surface area contributed by atoms with Crippen molar-refractivity contribution in [2.24, 2.45) is 0 Å². The zero-order valence-electron chi connectivity index (χ0n) is 18.6. The van der Waals surface area contributed by atoms with Crippen molar-refractivity contribution >= 4 is 31.3 Å². The molecule has 1 N–H and O–H groups in total. The maximum Gasteiger partial charge on any atom is 0.311 e. The second-order valence-electron chi connectivity index (χ2n) is 9.36. The Hall–Kier alpha value is -2.45. The molecule has 0 amide bonds. The Bertz CT molecular complexity index is 888. The van der Waals surface area contributed by atoms with Gasteiger partial charge in [-0.1, -0.05) is 32.9 Å². The van der Waals surface area contributed by atoms with Crippen molar-refractivity contribution in [3.8, 4) is 0 Å². The molecule has 0 saturated carbocycles. The van der Waals surface area contributed by atoms with Gasteiger partial charge in [-0.2, -0.15) is 0 Å². The lowest BCUT2D eigenvalue weighted by molar-refractivity contribution is -0.384. The van der Waals surface area contributed by atoms with Crippen LogP contribution in [0.3, 0.4) is 0 Å². The minimum Gasteiger partial charge on any atom is -0.413 e. The van der Waals surface area contributed by atoms with Crippen LogP contribution < -0.4 is 10.2 Å². The van der Waals surface area contributed by atoms with E-state index in [0.29, 0.717) is 6.61 Å². The van der Waals surface area contributed by atoms with Crippen LogP contribution >= 0.6 is 0 Å². The molecule has 1 fully saturated rings.